The molecule has 1 atom stereocenters. The van der Waals surface area contributed by atoms with Crippen LogP contribution >= 0.6 is 11.8 Å². The Labute approximate surface area is 151 Å². The summed E-state index contributed by atoms with van der Waals surface area (Å²) in [4.78, 5) is 34.5. The van der Waals surface area contributed by atoms with Crippen molar-refractivity contribution in [3.05, 3.63) is 54.5 Å². The molecule has 1 aliphatic heterocycles. The number of thioether (sulfide) groups is 1. The standard InChI is InChI=1S/C18H20N4O2S/c23-17-11-14(12-22(17)13-15-5-1-3-7-19-15)18(24)21-9-10-25-16-6-2-4-8-20-16/h1-8,14H,9-13H2,(H,21,24). The van der Waals surface area contributed by atoms with Crippen LogP contribution in [0.25, 0.3) is 0 Å². The molecule has 2 aromatic heterocycles. The highest BCUT2D eigenvalue weighted by Crippen LogP contribution is 2.20. The molecule has 3 heterocycles. The monoisotopic (exact) mass is 356 g/mol. The molecule has 1 fully saturated rings. The van der Waals surface area contributed by atoms with Crippen LogP contribution in [0.5, 0.6) is 0 Å². The molecule has 3 rings (SSSR count). The molecule has 0 radical (unpaired) electrons. The molecule has 6 nitrogen and oxygen atoms in total. The second kappa shape index (κ2) is 8.62. The Hall–Kier alpha value is -2.41. The number of nitrogens with zero attached hydrogens (tertiary/aromatic N) is 3. The summed E-state index contributed by atoms with van der Waals surface area (Å²) in [6, 6.07) is 11.4. The zero-order valence-electron chi connectivity index (χ0n) is 13.8. The van der Waals surface area contributed by atoms with Gasteiger partial charge in [0.25, 0.3) is 0 Å². The molecule has 1 aliphatic rings. The van der Waals surface area contributed by atoms with Gasteiger partial charge in [0.1, 0.15) is 0 Å². The number of likely N-dealkylation sites (tertiary alicyclic amines) is 1. The van der Waals surface area contributed by atoms with E-state index >= 15 is 0 Å². The van der Waals surface area contributed by atoms with E-state index in [9.17, 15) is 9.59 Å². The Balaban J connectivity index is 1.41. The van der Waals surface area contributed by atoms with E-state index in [4.69, 9.17) is 0 Å². The fourth-order valence-corrected chi connectivity index (χ4v) is 3.42. The molecule has 130 valence electrons. The van der Waals surface area contributed by atoms with Crippen molar-refractivity contribution in [3.63, 3.8) is 0 Å². The van der Waals surface area contributed by atoms with Crippen LogP contribution < -0.4 is 5.32 Å². The number of hydrogen-bond donors (Lipinski definition) is 1. The number of nitrogens with one attached hydrogen (secondary N) is 1. The Morgan fingerprint density at radius 1 is 1.20 bits per heavy atom. The third-order valence-electron chi connectivity index (χ3n) is 3.95. The van der Waals surface area contributed by atoms with Crippen LogP contribution in [0.2, 0.25) is 0 Å². The third kappa shape index (κ3) is 5.03. The number of hydrogen-bond acceptors (Lipinski definition) is 5. The normalized spacial score (nSPS) is 16.9. The maximum atomic E-state index is 12.3. The zero-order chi connectivity index (χ0) is 17.5. The quantitative estimate of drug-likeness (QED) is 0.604. The van der Waals surface area contributed by atoms with Gasteiger partial charge < -0.3 is 10.2 Å². The van der Waals surface area contributed by atoms with Gasteiger partial charge in [0, 0.05) is 37.7 Å². The summed E-state index contributed by atoms with van der Waals surface area (Å²) in [5, 5.41) is 3.86. The van der Waals surface area contributed by atoms with Crippen LogP contribution in [-0.2, 0) is 16.1 Å². The van der Waals surface area contributed by atoms with Gasteiger partial charge in [-0.2, -0.15) is 0 Å². The minimum atomic E-state index is -0.281. The fourth-order valence-electron chi connectivity index (χ4n) is 2.69. The lowest BCUT2D eigenvalue weighted by Gasteiger charge is -2.16. The molecule has 1 unspecified atom stereocenters. The van der Waals surface area contributed by atoms with Crippen LogP contribution in [0.1, 0.15) is 12.1 Å². The molecule has 0 bridgehead atoms. The zero-order valence-corrected chi connectivity index (χ0v) is 14.6. The van der Waals surface area contributed by atoms with Gasteiger partial charge in [-0.05, 0) is 24.3 Å². The van der Waals surface area contributed by atoms with Gasteiger partial charge in [-0.15, -0.1) is 11.8 Å². The minimum absolute atomic E-state index is 0.00802. The van der Waals surface area contributed by atoms with E-state index in [0.29, 0.717) is 19.6 Å². The van der Waals surface area contributed by atoms with E-state index < -0.39 is 0 Å². The van der Waals surface area contributed by atoms with Gasteiger partial charge in [-0.3, -0.25) is 14.6 Å². The highest BCUT2D eigenvalue weighted by molar-refractivity contribution is 7.99. The van der Waals surface area contributed by atoms with Crippen molar-refractivity contribution in [1.82, 2.24) is 20.2 Å². The summed E-state index contributed by atoms with van der Waals surface area (Å²) in [6.07, 6.45) is 3.73. The van der Waals surface area contributed by atoms with Crippen molar-refractivity contribution >= 4 is 23.6 Å². The number of carbonyl (C=O) groups is 2. The Morgan fingerprint density at radius 2 is 2.00 bits per heavy atom. The highest BCUT2D eigenvalue weighted by atomic mass is 32.2. The van der Waals surface area contributed by atoms with Gasteiger partial charge in [0.15, 0.2) is 0 Å². The molecule has 0 aliphatic carbocycles. The van der Waals surface area contributed by atoms with Gasteiger partial charge in [0.2, 0.25) is 11.8 Å². The first-order valence-corrected chi connectivity index (χ1v) is 9.20. The summed E-state index contributed by atoms with van der Waals surface area (Å²) in [5.74, 6) is 0.421. The van der Waals surface area contributed by atoms with E-state index in [-0.39, 0.29) is 24.2 Å². The highest BCUT2D eigenvalue weighted by Gasteiger charge is 2.34. The fraction of sp³-hybridized carbons (Fsp3) is 0.333. The summed E-state index contributed by atoms with van der Waals surface area (Å²) < 4.78 is 0. The lowest BCUT2D eigenvalue weighted by Crippen LogP contribution is -2.34. The van der Waals surface area contributed by atoms with Crippen molar-refractivity contribution in [3.8, 4) is 0 Å². The first kappa shape index (κ1) is 17.4. The van der Waals surface area contributed by atoms with E-state index in [0.717, 1.165) is 16.5 Å². The smallest absolute Gasteiger partial charge is 0.225 e. The van der Waals surface area contributed by atoms with Gasteiger partial charge in [-0.25, -0.2) is 4.98 Å². The second-order valence-corrected chi connectivity index (χ2v) is 6.92. The summed E-state index contributed by atoms with van der Waals surface area (Å²) in [5.41, 5.74) is 0.837. The Bertz CT molecular complexity index is 712. The number of aromatic nitrogens is 2. The van der Waals surface area contributed by atoms with Crippen LogP contribution in [0, 0.1) is 5.92 Å². The summed E-state index contributed by atoms with van der Waals surface area (Å²) >= 11 is 1.60. The van der Waals surface area contributed by atoms with Crippen molar-refractivity contribution < 1.29 is 9.59 Å². The predicted octanol–water partition coefficient (Wildman–Crippen LogP) is 1.73. The predicted molar refractivity (Wildman–Crippen MR) is 95.7 cm³/mol. The van der Waals surface area contributed by atoms with Gasteiger partial charge >= 0.3 is 0 Å². The van der Waals surface area contributed by atoms with Crippen molar-refractivity contribution in [1.29, 1.82) is 0 Å². The van der Waals surface area contributed by atoms with Gasteiger partial charge in [-0.1, -0.05) is 12.1 Å². The van der Waals surface area contributed by atoms with Crippen molar-refractivity contribution in [2.24, 2.45) is 5.92 Å². The molecule has 2 amide bonds. The minimum Gasteiger partial charge on any atom is -0.355 e. The molecular weight excluding hydrogens is 336 g/mol. The second-order valence-electron chi connectivity index (χ2n) is 5.80. The first-order chi connectivity index (χ1) is 12.2. The Morgan fingerprint density at radius 3 is 2.72 bits per heavy atom. The Kier molecular flexibility index (Phi) is 6.00. The molecule has 1 saturated heterocycles. The molecule has 1 N–H and O–H groups in total. The number of rotatable bonds is 7. The van der Waals surface area contributed by atoms with Crippen LogP contribution in [0.4, 0.5) is 0 Å². The lowest BCUT2D eigenvalue weighted by atomic mass is 10.1. The average molecular weight is 356 g/mol. The summed E-state index contributed by atoms with van der Waals surface area (Å²) in [7, 11) is 0. The van der Waals surface area contributed by atoms with E-state index in [2.05, 4.69) is 15.3 Å². The number of pyridine rings is 2. The maximum Gasteiger partial charge on any atom is 0.225 e. The lowest BCUT2D eigenvalue weighted by molar-refractivity contribution is -0.129. The molecular formula is C18H20N4O2S. The average Bonchev–Trinajstić information content (AvgIpc) is 3.01. The van der Waals surface area contributed by atoms with Crippen molar-refractivity contribution in [2.75, 3.05) is 18.8 Å². The molecule has 2 aromatic rings. The SMILES string of the molecule is O=C(NCCSc1ccccn1)C1CC(=O)N(Cc2ccccn2)C1. The van der Waals surface area contributed by atoms with E-state index in [1.807, 2.05) is 36.4 Å². The van der Waals surface area contributed by atoms with E-state index in [1.54, 1.807) is 29.1 Å². The first-order valence-electron chi connectivity index (χ1n) is 8.21. The number of amides is 2. The molecule has 0 saturated carbocycles. The van der Waals surface area contributed by atoms with Crippen LogP contribution in [0.15, 0.2) is 53.8 Å². The molecule has 25 heavy (non-hydrogen) atoms. The topological polar surface area (TPSA) is 75.2 Å². The van der Waals surface area contributed by atoms with Crippen LogP contribution in [-0.4, -0.2) is 45.5 Å². The maximum absolute atomic E-state index is 12.3. The van der Waals surface area contributed by atoms with Crippen LogP contribution in [0.3, 0.4) is 0 Å². The van der Waals surface area contributed by atoms with Gasteiger partial charge in [0.05, 0.1) is 23.2 Å². The number of carbonyl (C=O) groups excluding carboxylic acids is 2. The van der Waals surface area contributed by atoms with Crippen molar-refractivity contribution in [2.45, 2.75) is 18.0 Å². The third-order valence-corrected chi connectivity index (χ3v) is 4.90. The van der Waals surface area contributed by atoms with E-state index in [1.165, 1.54) is 0 Å². The summed E-state index contributed by atoms with van der Waals surface area (Å²) in [6.45, 7) is 1.47. The molecule has 0 aromatic carbocycles. The molecule has 7 heteroatoms. The molecule has 0 spiro atoms. The largest absolute Gasteiger partial charge is 0.355 e.